The lowest BCUT2D eigenvalue weighted by molar-refractivity contribution is 0.0710. The SMILES string of the molecule is Cc1c(C(=O)N2CCC(c3nc4ccccc4[nH]3)CC2)cnn1-c1ccccc1. The van der Waals surface area contributed by atoms with Crippen LogP contribution in [0.1, 0.15) is 40.6 Å². The zero-order valence-corrected chi connectivity index (χ0v) is 16.4. The summed E-state index contributed by atoms with van der Waals surface area (Å²) in [6.45, 7) is 3.42. The molecule has 0 saturated carbocycles. The molecule has 29 heavy (non-hydrogen) atoms. The van der Waals surface area contributed by atoms with Crippen molar-refractivity contribution in [1.82, 2.24) is 24.6 Å². The van der Waals surface area contributed by atoms with Crippen LogP contribution in [-0.4, -0.2) is 43.6 Å². The van der Waals surface area contributed by atoms with Gasteiger partial charge in [0.05, 0.1) is 34.2 Å². The van der Waals surface area contributed by atoms with E-state index in [-0.39, 0.29) is 5.91 Å². The third-order valence-electron chi connectivity index (χ3n) is 5.82. The van der Waals surface area contributed by atoms with Gasteiger partial charge in [-0.2, -0.15) is 5.10 Å². The van der Waals surface area contributed by atoms with E-state index in [0.29, 0.717) is 11.5 Å². The standard InChI is InChI=1S/C23H23N5O/c1-16-19(15-24-28(16)18-7-3-2-4-8-18)23(29)27-13-11-17(12-14-27)22-25-20-9-5-6-10-21(20)26-22/h2-10,15,17H,11-14H2,1H3,(H,25,26). The Kier molecular flexibility index (Phi) is 4.39. The van der Waals surface area contributed by atoms with Crippen LogP contribution in [0, 0.1) is 6.92 Å². The maximum absolute atomic E-state index is 13.1. The van der Waals surface area contributed by atoms with Crippen molar-refractivity contribution >= 4 is 16.9 Å². The van der Waals surface area contributed by atoms with Gasteiger partial charge in [0.15, 0.2) is 0 Å². The Bertz CT molecular complexity index is 1120. The van der Waals surface area contributed by atoms with E-state index in [4.69, 9.17) is 4.98 Å². The van der Waals surface area contributed by atoms with Crippen LogP contribution in [0.3, 0.4) is 0 Å². The first-order chi connectivity index (χ1) is 14.2. The quantitative estimate of drug-likeness (QED) is 0.578. The molecular formula is C23H23N5O. The van der Waals surface area contributed by atoms with Crippen LogP contribution in [0.4, 0.5) is 0 Å². The van der Waals surface area contributed by atoms with Gasteiger partial charge in [-0.05, 0) is 44.0 Å². The van der Waals surface area contributed by atoms with Gasteiger partial charge in [0.2, 0.25) is 0 Å². The number of benzene rings is 2. The number of aromatic nitrogens is 4. The van der Waals surface area contributed by atoms with Gasteiger partial charge in [-0.25, -0.2) is 9.67 Å². The molecule has 0 unspecified atom stereocenters. The summed E-state index contributed by atoms with van der Waals surface area (Å²) in [4.78, 5) is 23.2. The van der Waals surface area contributed by atoms with Crippen molar-refractivity contribution in [2.75, 3.05) is 13.1 Å². The average molecular weight is 385 g/mol. The van der Waals surface area contributed by atoms with Crippen molar-refractivity contribution < 1.29 is 4.79 Å². The third kappa shape index (κ3) is 3.20. The van der Waals surface area contributed by atoms with Crippen LogP contribution in [0.2, 0.25) is 0 Å². The topological polar surface area (TPSA) is 66.8 Å². The number of para-hydroxylation sites is 3. The summed E-state index contributed by atoms with van der Waals surface area (Å²) >= 11 is 0. The molecule has 6 heteroatoms. The van der Waals surface area contributed by atoms with Crippen LogP contribution in [0.5, 0.6) is 0 Å². The fourth-order valence-electron chi connectivity index (χ4n) is 4.14. The number of H-pyrrole nitrogens is 1. The molecule has 1 N–H and O–H groups in total. The summed E-state index contributed by atoms with van der Waals surface area (Å²) < 4.78 is 1.83. The van der Waals surface area contributed by atoms with Crippen molar-refractivity contribution in [3.05, 3.63) is 77.9 Å². The van der Waals surface area contributed by atoms with Gasteiger partial charge < -0.3 is 9.88 Å². The lowest BCUT2D eigenvalue weighted by atomic mass is 9.95. The Morgan fingerprint density at radius 3 is 2.52 bits per heavy atom. The minimum Gasteiger partial charge on any atom is -0.342 e. The summed E-state index contributed by atoms with van der Waals surface area (Å²) in [5.74, 6) is 1.46. The number of hydrogen-bond donors (Lipinski definition) is 1. The second kappa shape index (κ2) is 7.20. The zero-order valence-electron chi connectivity index (χ0n) is 16.4. The molecule has 1 aliphatic heterocycles. The van der Waals surface area contributed by atoms with E-state index in [9.17, 15) is 4.79 Å². The second-order valence-electron chi connectivity index (χ2n) is 7.60. The summed E-state index contributed by atoms with van der Waals surface area (Å²) in [6.07, 6.45) is 3.52. The number of likely N-dealkylation sites (tertiary alicyclic amines) is 1. The fraction of sp³-hybridized carbons (Fsp3) is 0.261. The number of aromatic amines is 1. The first-order valence-corrected chi connectivity index (χ1v) is 10.0. The van der Waals surface area contributed by atoms with Crippen LogP contribution >= 0.6 is 0 Å². The van der Waals surface area contributed by atoms with E-state index < -0.39 is 0 Å². The summed E-state index contributed by atoms with van der Waals surface area (Å²) in [5, 5.41) is 4.44. The molecule has 4 aromatic rings. The maximum atomic E-state index is 13.1. The van der Waals surface area contributed by atoms with Crippen molar-refractivity contribution in [3.63, 3.8) is 0 Å². The van der Waals surface area contributed by atoms with Gasteiger partial charge in [0.25, 0.3) is 5.91 Å². The minimum absolute atomic E-state index is 0.0627. The van der Waals surface area contributed by atoms with Crippen LogP contribution in [0.25, 0.3) is 16.7 Å². The molecule has 0 bridgehead atoms. The number of rotatable bonds is 3. The van der Waals surface area contributed by atoms with Gasteiger partial charge in [0, 0.05) is 19.0 Å². The molecule has 6 nitrogen and oxygen atoms in total. The number of fused-ring (bicyclic) bond motifs is 1. The molecule has 1 saturated heterocycles. The van der Waals surface area contributed by atoms with Crippen molar-refractivity contribution in [2.45, 2.75) is 25.7 Å². The molecule has 0 radical (unpaired) electrons. The highest BCUT2D eigenvalue weighted by atomic mass is 16.2. The van der Waals surface area contributed by atoms with Crippen LogP contribution < -0.4 is 0 Å². The van der Waals surface area contributed by atoms with E-state index in [1.807, 2.05) is 65.0 Å². The number of carbonyl (C=O) groups is 1. The Morgan fingerprint density at radius 1 is 1.03 bits per heavy atom. The smallest absolute Gasteiger partial charge is 0.257 e. The highest BCUT2D eigenvalue weighted by molar-refractivity contribution is 5.95. The Morgan fingerprint density at radius 2 is 1.76 bits per heavy atom. The average Bonchev–Trinajstić information content (AvgIpc) is 3.37. The Hall–Kier alpha value is -3.41. The Labute approximate surface area is 169 Å². The number of carbonyl (C=O) groups excluding carboxylic acids is 1. The highest BCUT2D eigenvalue weighted by Crippen LogP contribution is 2.28. The lowest BCUT2D eigenvalue weighted by Crippen LogP contribution is -2.38. The highest BCUT2D eigenvalue weighted by Gasteiger charge is 2.28. The third-order valence-corrected chi connectivity index (χ3v) is 5.82. The molecule has 0 atom stereocenters. The van der Waals surface area contributed by atoms with E-state index in [1.165, 1.54) is 0 Å². The Balaban J connectivity index is 1.30. The van der Waals surface area contributed by atoms with E-state index >= 15 is 0 Å². The number of nitrogens with zero attached hydrogens (tertiary/aromatic N) is 4. The predicted octanol–water partition coefficient (Wildman–Crippen LogP) is 4.08. The normalized spacial score (nSPS) is 15.1. The molecule has 5 rings (SSSR count). The molecule has 2 aromatic carbocycles. The number of imidazole rings is 1. The lowest BCUT2D eigenvalue weighted by Gasteiger charge is -2.31. The number of piperidine rings is 1. The van der Waals surface area contributed by atoms with Crippen molar-refractivity contribution in [3.8, 4) is 5.69 Å². The minimum atomic E-state index is 0.0627. The largest absolute Gasteiger partial charge is 0.342 e. The second-order valence-corrected chi connectivity index (χ2v) is 7.60. The molecule has 0 aliphatic carbocycles. The maximum Gasteiger partial charge on any atom is 0.257 e. The number of hydrogen-bond acceptors (Lipinski definition) is 3. The van der Waals surface area contributed by atoms with Gasteiger partial charge in [-0.15, -0.1) is 0 Å². The molecular weight excluding hydrogens is 362 g/mol. The van der Waals surface area contributed by atoms with E-state index in [1.54, 1.807) is 6.20 Å². The van der Waals surface area contributed by atoms with Crippen molar-refractivity contribution in [1.29, 1.82) is 0 Å². The van der Waals surface area contributed by atoms with Gasteiger partial charge >= 0.3 is 0 Å². The van der Waals surface area contributed by atoms with Gasteiger partial charge in [-0.1, -0.05) is 30.3 Å². The van der Waals surface area contributed by atoms with Gasteiger partial charge in [0.1, 0.15) is 5.82 Å². The monoisotopic (exact) mass is 385 g/mol. The summed E-state index contributed by atoms with van der Waals surface area (Å²) in [7, 11) is 0. The molecule has 1 fully saturated rings. The summed E-state index contributed by atoms with van der Waals surface area (Å²) in [6, 6.07) is 18.0. The summed E-state index contributed by atoms with van der Waals surface area (Å²) in [5.41, 5.74) is 4.60. The zero-order chi connectivity index (χ0) is 19.8. The van der Waals surface area contributed by atoms with E-state index in [2.05, 4.69) is 16.1 Å². The van der Waals surface area contributed by atoms with Crippen LogP contribution in [-0.2, 0) is 0 Å². The molecule has 3 heterocycles. The molecule has 0 spiro atoms. The van der Waals surface area contributed by atoms with E-state index in [0.717, 1.165) is 54.2 Å². The first-order valence-electron chi connectivity index (χ1n) is 10.0. The first kappa shape index (κ1) is 17.7. The molecule has 2 aromatic heterocycles. The van der Waals surface area contributed by atoms with Crippen molar-refractivity contribution in [2.24, 2.45) is 0 Å². The fourth-order valence-corrected chi connectivity index (χ4v) is 4.14. The predicted molar refractivity (Wildman–Crippen MR) is 112 cm³/mol. The molecule has 1 amide bonds. The van der Waals surface area contributed by atoms with Crippen LogP contribution in [0.15, 0.2) is 60.8 Å². The number of amides is 1. The molecule has 1 aliphatic rings. The number of nitrogens with one attached hydrogen (secondary N) is 1. The molecule has 146 valence electrons. The van der Waals surface area contributed by atoms with Gasteiger partial charge in [-0.3, -0.25) is 4.79 Å².